The number of aryl methyl sites for hydroxylation is 1. The number of halogens is 2. The van der Waals surface area contributed by atoms with Gasteiger partial charge in [0.15, 0.2) is 0 Å². The third kappa shape index (κ3) is 4.38. The zero-order valence-corrected chi connectivity index (χ0v) is 19.6. The van der Waals surface area contributed by atoms with Gasteiger partial charge in [-0.05, 0) is 79.9 Å². The maximum atomic E-state index is 13.4. The number of para-hydroxylation sites is 1. The molecule has 4 nitrogen and oxygen atoms in total. The lowest BCUT2D eigenvalue weighted by Crippen LogP contribution is -2.47. The molecule has 0 saturated carbocycles. The van der Waals surface area contributed by atoms with E-state index in [4.69, 9.17) is 11.6 Å². The van der Waals surface area contributed by atoms with Crippen LogP contribution in [0.2, 0.25) is 5.02 Å². The molecule has 0 saturated heterocycles. The Labute approximate surface area is 198 Å². The van der Waals surface area contributed by atoms with Crippen LogP contribution in [0.4, 0.5) is 15.8 Å². The average molecular weight is 465 g/mol. The molecule has 0 aromatic heterocycles. The summed E-state index contributed by atoms with van der Waals surface area (Å²) >= 11 is 6.24. The van der Waals surface area contributed by atoms with Gasteiger partial charge in [-0.1, -0.05) is 36.7 Å². The van der Waals surface area contributed by atoms with E-state index in [9.17, 15) is 14.0 Å². The maximum Gasteiger partial charge on any atom is 0.258 e. The zero-order valence-electron chi connectivity index (χ0n) is 18.9. The largest absolute Gasteiger partial charge is 0.305 e. The maximum absolute atomic E-state index is 13.4. The molecule has 2 amide bonds. The molecule has 4 rings (SSSR count). The lowest BCUT2D eigenvalue weighted by Gasteiger charge is -2.43. The van der Waals surface area contributed by atoms with E-state index in [0.29, 0.717) is 23.4 Å². The number of hydrogen-bond donors (Lipinski definition) is 0. The number of nitrogens with zero attached hydrogens (tertiary/aromatic N) is 2. The molecule has 0 radical (unpaired) electrons. The summed E-state index contributed by atoms with van der Waals surface area (Å²) in [6.07, 6.45) is 0.921. The van der Waals surface area contributed by atoms with Crippen LogP contribution in [-0.4, -0.2) is 17.9 Å². The van der Waals surface area contributed by atoms with Crippen LogP contribution in [-0.2, 0) is 4.79 Å². The molecular weight excluding hydrogens is 439 g/mol. The molecule has 170 valence electrons. The lowest BCUT2D eigenvalue weighted by molar-refractivity contribution is -0.118. The number of benzene rings is 3. The SMILES string of the molecule is CCC(=O)N(c1ccc(Cl)c(C)c1)C1CC(C)N(C(=O)c2ccc(F)cc2)c2ccccc21. The van der Waals surface area contributed by atoms with Crippen molar-refractivity contribution >= 4 is 34.8 Å². The molecule has 3 aromatic rings. The van der Waals surface area contributed by atoms with Gasteiger partial charge in [0.05, 0.1) is 6.04 Å². The Balaban J connectivity index is 1.80. The minimum atomic E-state index is -0.384. The molecule has 2 unspecified atom stereocenters. The first kappa shape index (κ1) is 23.0. The fraction of sp³-hybridized carbons (Fsp3) is 0.259. The Morgan fingerprint density at radius 2 is 1.79 bits per heavy atom. The van der Waals surface area contributed by atoms with E-state index < -0.39 is 0 Å². The quantitative estimate of drug-likeness (QED) is 0.430. The Kier molecular flexibility index (Phi) is 6.52. The second kappa shape index (κ2) is 9.36. The van der Waals surface area contributed by atoms with E-state index in [1.165, 1.54) is 24.3 Å². The number of hydrogen-bond acceptors (Lipinski definition) is 2. The molecule has 33 heavy (non-hydrogen) atoms. The topological polar surface area (TPSA) is 40.6 Å². The summed E-state index contributed by atoms with van der Waals surface area (Å²) in [5.74, 6) is -0.572. The van der Waals surface area contributed by atoms with Gasteiger partial charge in [0, 0.05) is 34.4 Å². The van der Waals surface area contributed by atoms with Crippen LogP contribution < -0.4 is 9.80 Å². The van der Waals surface area contributed by atoms with Crippen LogP contribution in [0, 0.1) is 12.7 Å². The van der Waals surface area contributed by atoms with Gasteiger partial charge in [0.2, 0.25) is 5.91 Å². The summed E-state index contributed by atoms with van der Waals surface area (Å²) in [7, 11) is 0. The van der Waals surface area contributed by atoms with E-state index in [-0.39, 0.29) is 29.7 Å². The molecule has 0 bridgehead atoms. The first-order chi connectivity index (χ1) is 15.8. The monoisotopic (exact) mass is 464 g/mol. The van der Waals surface area contributed by atoms with E-state index in [0.717, 1.165) is 22.5 Å². The molecule has 0 N–H and O–H groups in total. The lowest BCUT2D eigenvalue weighted by atomic mass is 9.89. The van der Waals surface area contributed by atoms with Gasteiger partial charge in [-0.15, -0.1) is 0 Å². The van der Waals surface area contributed by atoms with Crippen molar-refractivity contribution in [1.29, 1.82) is 0 Å². The molecule has 1 heterocycles. The number of anilines is 2. The van der Waals surface area contributed by atoms with Gasteiger partial charge in [-0.3, -0.25) is 9.59 Å². The summed E-state index contributed by atoms with van der Waals surface area (Å²) in [6.45, 7) is 5.74. The fourth-order valence-electron chi connectivity index (χ4n) is 4.51. The van der Waals surface area contributed by atoms with Crippen LogP contribution in [0.25, 0.3) is 0 Å². The number of amides is 2. The summed E-state index contributed by atoms with van der Waals surface area (Å²) in [5, 5.41) is 0.649. The third-order valence-corrected chi connectivity index (χ3v) is 6.60. The standard InChI is InChI=1S/C27H26ClFN2O2/c1-4-26(32)31(21-13-14-23(28)17(2)15-21)25-16-18(3)30(24-8-6-5-7-22(24)25)27(33)19-9-11-20(29)12-10-19/h5-15,18,25H,4,16H2,1-3H3. The van der Waals surface area contributed by atoms with Crippen molar-refractivity contribution in [3.05, 3.63) is 94.3 Å². The van der Waals surface area contributed by atoms with E-state index in [1.807, 2.05) is 68.1 Å². The van der Waals surface area contributed by atoms with Crippen molar-refractivity contribution in [2.45, 2.75) is 45.7 Å². The highest BCUT2D eigenvalue weighted by Crippen LogP contribution is 2.43. The van der Waals surface area contributed by atoms with E-state index in [1.54, 1.807) is 4.90 Å². The van der Waals surface area contributed by atoms with Crippen LogP contribution in [0.3, 0.4) is 0 Å². The highest BCUT2D eigenvalue weighted by molar-refractivity contribution is 6.31. The summed E-state index contributed by atoms with van der Waals surface area (Å²) in [4.78, 5) is 30.2. The normalized spacial score (nSPS) is 17.4. The van der Waals surface area contributed by atoms with Gasteiger partial charge in [-0.2, -0.15) is 0 Å². The van der Waals surface area contributed by atoms with E-state index >= 15 is 0 Å². The van der Waals surface area contributed by atoms with Gasteiger partial charge < -0.3 is 9.80 Å². The number of carbonyl (C=O) groups excluding carboxylic acids is 2. The van der Waals surface area contributed by atoms with Gasteiger partial charge in [0.25, 0.3) is 5.91 Å². The zero-order chi connectivity index (χ0) is 23.7. The van der Waals surface area contributed by atoms with E-state index in [2.05, 4.69) is 0 Å². The first-order valence-corrected chi connectivity index (χ1v) is 11.5. The van der Waals surface area contributed by atoms with Crippen molar-refractivity contribution in [1.82, 2.24) is 0 Å². The molecule has 2 atom stereocenters. The van der Waals surface area contributed by atoms with Gasteiger partial charge >= 0.3 is 0 Å². The van der Waals surface area contributed by atoms with Crippen molar-refractivity contribution in [2.24, 2.45) is 0 Å². The van der Waals surface area contributed by atoms with Crippen molar-refractivity contribution in [3.8, 4) is 0 Å². The third-order valence-electron chi connectivity index (χ3n) is 6.17. The average Bonchev–Trinajstić information content (AvgIpc) is 2.81. The second-order valence-corrected chi connectivity index (χ2v) is 8.80. The number of carbonyl (C=O) groups is 2. The highest BCUT2D eigenvalue weighted by atomic mass is 35.5. The highest BCUT2D eigenvalue weighted by Gasteiger charge is 2.38. The molecular formula is C27H26ClFN2O2. The molecule has 1 aliphatic rings. The number of fused-ring (bicyclic) bond motifs is 1. The predicted molar refractivity (Wildman–Crippen MR) is 130 cm³/mol. The van der Waals surface area contributed by atoms with Crippen LogP contribution >= 0.6 is 11.6 Å². The Bertz CT molecular complexity index is 1190. The van der Waals surface area contributed by atoms with Crippen LogP contribution in [0.1, 0.15) is 54.2 Å². The minimum absolute atomic E-state index is 0.00189. The Hall–Kier alpha value is -3.18. The smallest absolute Gasteiger partial charge is 0.258 e. The molecule has 1 aliphatic heterocycles. The van der Waals surface area contributed by atoms with Crippen LogP contribution in [0.15, 0.2) is 66.7 Å². The first-order valence-electron chi connectivity index (χ1n) is 11.1. The molecule has 6 heteroatoms. The Morgan fingerprint density at radius 3 is 2.45 bits per heavy atom. The minimum Gasteiger partial charge on any atom is -0.305 e. The molecule has 0 fully saturated rings. The summed E-state index contributed by atoms with van der Waals surface area (Å²) in [5.41, 5.74) is 3.77. The Morgan fingerprint density at radius 1 is 1.09 bits per heavy atom. The number of rotatable bonds is 4. The molecule has 0 spiro atoms. The molecule has 3 aromatic carbocycles. The van der Waals surface area contributed by atoms with Crippen molar-refractivity contribution in [2.75, 3.05) is 9.80 Å². The second-order valence-electron chi connectivity index (χ2n) is 8.39. The molecule has 0 aliphatic carbocycles. The predicted octanol–water partition coefficient (Wildman–Crippen LogP) is 6.71. The fourth-order valence-corrected chi connectivity index (χ4v) is 4.63. The van der Waals surface area contributed by atoms with Crippen LogP contribution in [0.5, 0.6) is 0 Å². The summed E-state index contributed by atoms with van der Waals surface area (Å²) in [6, 6.07) is 18.5. The van der Waals surface area contributed by atoms with Gasteiger partial charge in [-0.25, -0.2) is 4.39 Å². The van der Waals surface area contributed by atoms with Crippen molar-refractivity contribution in [3.63, 3.8) is 0 Å². The van der Waals surface area contributed by atoms with Gasteiger partial charge in [0.1, 0.15) is 5.82 Å². The van der Waals surface area contributed by atoms with Crippen molar-refractivity contribution < 1.29 is 14.0 Å². The summed E-state index contributed by atoms with van der Waals surface area (Å²) < 4.78 is 13.4.